The SMILES string of the molecule is N#Cc1ccc2c(c1)c1cc(C#N)ccc1n2-c1ccc(C(F)(F)F)cc1-c1c(C#N)cccc1-n1c2ccc(C#N)cc2c2cc(C#N)ccc21. The molecule has 0 bridgehead atoms. The quantitative estimate of drug-likeness (QED) is 0.184. The first-order valence-electron chi connectivity index (χ1n) is 15.7. The van der Waals surface area contributed by atoms with Crippen molar-refractivity contribution in [3.63, 3.8) is 0 Å². The summed E-state index contributed by atoms with van der Waals surface area (Å²) in [4.78, 5) is 0. The maximum absolute atomic E-state index is 14.6. The highest BCUT2D eigenvalue weighted by Gasteiger charge is 2.33. The highest BCUT2D eigenvalue weighted by atomic mass is 19.4. The number of aromatic nitrogens is 2. The molecule has 2 aromatic heterocycles. The number of hydrogen-bond donors (Lipinski definition) is 0. The predicted molar refractivity (Wildman–Crippen MR) is 189 cm³/mol. The van der Waals surface area contributed by atoms with Crippen LogP contribution in [0.4, 0.5) is 13.2 Å². The Hall–Kier alpha value is -7.84. The second kappa shape index (κ2) is 11.6. The number of hydrogen-bond acceptors (Lipinski definition) is 5. The van der Waals surface area contributed by atoms with Gasteiger partial charge in [0.05, 0.1) is 97.2 Å². The summed E-state index contributed by atoms with van der Waals surface area (Å²) in [6, 6.07) is 39.2. The highest BCUT2D eigenvalue weighted by Crippen LogP contribution is 2.44. The van der Waals surface area contributed by atoms with Crippen molar-refractivity contribution in [2.75, 3.05) is 0 Å². The molecule has 0 aliphatic carbocycles. The first kappa shape index (κ1) is 31.4. The molecule has 0 atom stereocenters. The Bertz CT molecular complexity index is 2930. The monoisotopic (exact) mass is 677 g/mol. The lowest BCUT2D eigenvalue weighted by Crippen LogP contribution is -2.08. The molecule has 0 fully saturated rings. The van der Waals surface area contributed by atoms with Gasteiger partial charge in [-0.3, -0.25) is 0 Å². The minimum absolute atomic E-state index is 0.104. The molecular weight excluding hydrogens is 660 g/mol. The molecule has 0 saturated heterocycles. The van der Waals surface area contributed by atoms with Crippen LogP contribution in [0.1, 0.15) is 33.4 Å². The molecule has 0 N–H and O–H groups in total. The molecule has 0 radical (unpaired) electrons. The lowest BCUT2D eigenvalue weighted by molar-refractivity contribution is -0.137. The third-order valence-corrected chi connectivity index (χ3v) is 9.28. The Morgan fingerprint density at radius 1 is 0.442 bits per heavy atom. The van der Waals surface area contributed by atoms with E-state index in [1.54, 1.807) is 95.6 Å². The van der Waals surface area contributed by atoms with E-state index in [0.29, 0.717) is 77.2 Å². The molecule has 242 valence electrons. The molecule has 6 aromatic carbocycles. The van der Waals surface area contributed by atoms with Crippen LogP contribution >= 0.6 is 0 Å². The maximum Gasteiger partial charge on any atom is 0.416 e. The summed E-state index contributed by atoms with van der Waals surface area (Å²) in [6.45, 7) is 0. The minimum Gasteiger partial charge on any atom is -0.309 e. The van der Waals surface area contributed by atoms with Crippen LogP contribution in [0.2, 0.25) is 0 Å². The molecule has 8 rings (SSSR count). The number of halogens is 3. The van der Waals surface area contributed by atoms with Crippen molar-refractivity contribution in [1.82, 2.24) is 9.13 Å². The number of alkyl halides is 3. The van der Waals surface area contributed by atoms with Crippen molar-refractivity contribution in [3.05, 3.63) is 143 Å². The fourth-order valence-electron chi connectivity index (χ4n) is 7.05. The molecule has 0 aliphatic heterocycles. The summed E-state index contributed by atoms with van der Waals surface area (Å²) in [5, 5.41) is 51.9. The first-order valence-corrected chi connectivity index (χ1v) is 15.7. The van der Waals surface area contributed by atoms with Gasteiger partial charge in [0.1, 0.15) is 0 Å². The molecule has 52 heavy (non-hydrogen) atoms. The van der Waals surface area contributed by atoms with Crippen LogP contribution in [0.25, 0.3) is 66.1 Å². The van der Waals surface area contributed by atoms with Crippen molar-refractivity contribution >= 4 is 43.6 Å². The van der Waals surface area contributed by atoms with Gasteiger partial charge in [-0.1, -0.05) is 6.07 Å². The normalized spacial score (nSPS) is 11.3. The number of benzene rings is 6. The summed E-state index contributed by atoms with van der Waals surface area (Å²) < 4.78 is 47.3. The zero-order valence-electron chi connectivity index (χ0n) is 26.7. The van der Waals surface area contributed by atoms with Crippen LogP contribution in [0.5, 0.6) is 0 Å². The van der Waals surface area contributed by atoms with Crippen molar-refractivity contribution in [1.29, 1.82) is 26.3 Å². The molecular formula is C42H18F3N7. The lowest BCUT2D eigenvalue weighted by atomic mass is 9.94. The molecule has 2 heterocycles. The Balaban J connectivity index is 1.54. The van der Waals surface area contributed by atoms with Crippen LogP contribution < -0.4 is 0 Å². The van der Waals surface area contributed by atoms with Gasteiger partial charge >= 0.3 is 6.18 Å². The molecule has 8 aromatic rings. The second-order valence-corrected chi connectivity index (χ2v) is 12.1. The zero-order chi connectivity index (χ0) is 36.3. The van der Waals surface area contributed by atoms with E-state index in [0.717, 1.165) is 12.1 Å². The van der Waals surface area contributed by atoms with Crippen LogP contribution in [0, 0.1) is 56.7 Å². The van der Waals surface area contributed by atoms with Gasteiger partial charge in [-0.15, -0.1) is 0 Å². The summed E-state index contributed by atoms with van der Waals surface area (Å²) >= 11 is 0. The Morgan fingerprint density at radius 3 is 1.25 bits per heavy atom. The van der Waals surface area contributed by atoms with Gasteiger partial charge in [0.2, 0.25) is 0 Å². The number of nitriles is 5. The summed E-state index contributed by atoms with van der Waals surface area (Å²) in [5.41, 5.74) is 4.08. The largest absolute Gasteiger partial charge is 0.416 e. The van der Waals surface area contributed by atoms with Crippen molar-refractivity contribution in [2.24, 2.45) is 0 Å². The lowest BCUT2D eigenvalue weighted by Gasteiger charge is -2.21. The van der Waals surface area contributed by atoms with Gasteiger partial charge in [-0.05, 0) is 103 Å². The number of nitrogens with zero attached hydrogens (tertiary/aromatic N) is 7. The third-order valence-electron chi connectivity index (χ3n) is 9.28. The van der Waals surface area contributed by atoms with Crippen LogP contribution in [0.15, 0.2) is 109 Å². The molecule has 0 amide bonds. The molecule has 0 spiro atoms. The molecule has 0 aliphatic rings. The topological polar surface area (TPSA) is 129 Å². The van der Waals surface area contributed by atoms with E-state index in [2.05, 4.69) is 30.3 Å². The first-order chi connectivity index (χ1) is 25.2. The van der Waals surface area contributed by atoms with Crippen molar-refractivity contribution in [2.45, 2.75) is 6.18 Å². The van der Waals surface area contributed by atoms with E-state index in [9.17, 15) is 39.5 Å². The number of rotatable bonds is 3. The molecule has 7 nitrogen and oxygen atoms in total. The van der Waals surface area contributed by atoms with E-state index in [-0.39, 0.29) is 16.7 Å². The van der Waals surface area contributed by atoms with Crippen LogP contribution in [-0.2, 0) is 6.18 Å². The smallest absolute Gasteiger partial charge is 0.309 e. The van der Waals surface area contributed by atoms with Gasteiger partial charge in [-0.2, -0.15) is 39.5 Å². The maximum atomic E-state index is 14.6. The Morgan fingerprint density at radius 2 is 0.865 bits per heavy atom. The fourth-order valence-corrected chi connectivity index (χ4v) is 7.05. The van der Waals surface area contributed by atoms with Crippen LogP contribution in [-0.4, -0.2) is 9.13 Å². The van der Waals surface area contributed by atoms with Gasteiger partial charge in [0, 0.05) is 32.7 Å². The average Bonchev–Trinajstić information content (AvgIpc) is 3.67. The van der Waals surface area contributed by atoms with Gasteiger partial charge in [0.25, 0.3) is 0 Å². The third kappa shape index (κ3) is 4.71. The summed E-state index contributed by atoms with van der Waals surface area (Å²) in [5.74, 6) is 0. The predicted octanol–water partition coefficient (Wildman–Crippen LogP) is 9.92. The van der Waals surface area contributed by atoms with Gasteiger partial charge < -0.3 is 9.13 Å². The molecule has 10 heteroatoms. The van der Waals surface area contributed by atoms with Gasteiger partial charge in [-0.25, -0.2) is 0 Å². The Kier molecular flexibility index (Phi) is 7.04. The Labute approximate surface area is 293 Å². The van der Waals surface area contributed by atoms with Gasteiger partial charge in [0.15, 0.2) is 0 Å². The van der Waals surface area contributed by atoms with E-state index < -0.39 is 11.7 Å². The van der Waals surface area contributed by atoms with E-state index in [4.69, 9.17) is 0 Å². The van der Waals surface area contributed by atoms with Crippen molar-refractivity contribution < 1.29 is 13.2 Å². The molecule has 0 saturated carbocycles. The van der Waals surface area contributed by atoms with Crippen molar-refractivity contribution in [3.8, 4) is 52.8 Å². The average molecular weight is 678 g/mol. The van der Waals surface area contributed by atoms with E-state index in [1.807, 2.05) is 4.57 Å². The standard InChI is InChI=1S/C42H18F3N7/c43-42(44,45)29-8-13-39(51-35-9-4-24(19-46)14-30(35)31-15-25(20-47)5-10-36(31)51)34(18-29)41-28(23-50)2-1-3-40(41)52-37-11-6-26(21-48)16-32(37)33-17-27(22-49)7-12-38(33)52/h1-18H. The van der Waals surface area contributed by atoms with E-state index in [1.165, 1.54) is 6.07 Å². The second-order valence-electron chi connectivity index (χ2n) is 12.1. The fraction of sp³-hybridized carbons (Fsp3) is 0.0238. The summed E-state index contributed by atoms with van der Waals surface area (Å²) in [7, 11) is 0. The van der Waals surface area contributed by atoms with Crippen LogP contribution in [0.3, 0.4) is 0 Å². The highest BCUT2D eigenvalue weighted by molar-refractivity contribution is 6.12. The zero-order valence-corrected chi connectivity index (χ0v) is 26.7. The molecule has 0 unspecified atom stereocenters. The number of fused-ring (bicyclic) bond motifs is 6. The summed E-state index contributed by atoms with van der Waals surface area (Å²) in [6.07, 6.45) is -4.73. The minimum atomic E-state index is -4.73. The van der Waals surface area contributed by atoms with E-state index >= 15 is 0 Å².